The van der Waals surface area contributed by atoms with Crippen LogP contribution in [0.15, 0.2) is 54.7 Å². The lowest BCUT2D eigenvalue weighted by Gasteiger charge is -2.40. The zero-order valence-corrected chi connectivity index (χ0v) is 22.2. The summed E-state index contributed by atoms with van der Waals surface area (Å²) < 4.78 is 56.7. The molecule has 8 nitrogen and oxygen atoms in total. The van der Waals surface area contributed by atoms with Crippen molar-refractivity contribution in [2.45, 2.75) is 44.1 Å². The van der Waals surface area contributed by atoms with Crippen LogP contribution in [-0.2, 0) is 22.6 Å². The van der Waals surface area contributed by atoms with E-state index in [0.29, 0.717) is 0 Å². The highest BCUT2D eigenvalue weighted by atomic mass is 35.5. The van der Waals surface area contributed by atoms with Crippen LogP contribution in [0.5, 0.6) is 0 Å². The number of ether oxygens (including phenoxy) is 1. The van der Waals surface area contributed by atoms with Crippen LogP contribution >= 0.6 is 11.6 Å². The Morgan fingerprint density at radius 2 is 1.98 bits per heavy atom. The van der Waals surface area contributed by atoms with E-state index in [9.17, 15) is 25.4 Å². The Bertz CT molecular complexity index is 1640. The molecule has 2 heterocycles. The molecule has 40 heavy (non-hydrogen) atoms. The van der Waals surface area contributed by atoms with Gasteiger partial charge in [-0.05, 0) is 61.7 Å². The van der Waals surface area contributed by atoms with Crippen LogP contribution in [0.25, 0.3) is 0 Å². The largest absolute Gasteiger partial charge is 0.396 e. The highest BCUT2D eigenvalue weighted by Gasteiger charge is 2.56. The Labute approximate surface area is 241 Å². The fourth-order valence-corrected chi connectivity index (χ4v) is 4.95. The molecule has 0 spiro atoms. The Morgan fingerprint density at radius 1 is 1.25 bits per heavy atom. The molecule has 1 aromatic heterocycles. The summed E-state index contributed by atoms with van der Waals surface area (Å²) >= 11 is 6.16. The second kappa shape index (κ2) is 10.5. The number of aliphatic hydroxyl groups excluding tert-OH is 1. The number of carbonyl (C=O) groups is 1. The maximum atomic E-state index is 16.5. The van der Waals surface area contributed by atoms with Gasteiger partial charge in [-0.2, -0.15) is 5.26 Å². The summed E-state index contributed by atoms with van der Waals surface area (Å²) in [6, 6.07) is 12.8. The van der Waals surface area contributed by atoms with Crippen LogP contribution in [0, 0.1) is 22.6 Å². The van der Waals surface area contributed by atoms with Crippen LogP contribution in [0.2, 0.25) is 5.02 Å². The number of halogens is 2. The molecule has 2 aliphatic rings. The molecule has 1 saturated carbocycles. The van der Waals surface area contributed by atoms with Gasteiger partial charge in [0, 0.05) is 35.2 Å². The Balaban J connectivity index is 1.80. The molecule has 1 fully saturated rings. The average molecular weight is 570 g/mol. The second-order valence-electron chi connectivity index (χ2n) is 10.2. The summed E-state index contributed by atoms with van der Waals surface area (Å²) in [4.78, 5) is 19.6. The third-order valence-corrected chi connectivity index (χ3v) is 7.62. The minimum atomic E-state index is -3.03. The normalized spacial score (nSPS) is 22.8. The Kier molecular flexibility index (Phi) is 6.15. The van der Waals surface area contributed by atoms with Crippen molar-refractivity contribution in [1.82, 2.24) is 9.88 Å². The lowest BCUT2D eigenvalue weighted by Crippen LogP contribution is -2.48. The maximum absolute atomic E-state index is 16.5. The molecule has 1 aliphatic carbocycles. The van der Waals surface area contributed by atoms with Gasteiger partial charge < -0.3 is 20.1 Å². The molecule has 0 radical (unpaired) electrons. The van der Waals surface area contributed by atoms with Crippen molar-refractivity contribution >= 4 is 17.5 Å². The minimum Gasteiger partial charge on any atom is -0.396 e. The first-order chi connectivity index (χ1) is 20.5. The van der Waals surface area contributed by atoms with Gasteiger partial charge in [0.1, 0.15) is 11.9 Å². The summed E-state index contributed by atoms with van der Waals surface area (Å²) in [6.45, 7) is -5.47. The first-order valence-corrected chi connectivity index (χ1v) is 12.9. The van der Waals surface area contributed by atoms with Gasteiger partial charge in [-0.25, -0.2) is 4.39 Å². The number of nitrogens with zero attached hydrogens (tertiary/aromatic N) is 3. The number of hydrogen-bond acceptors (Lipinski definition) is 7. The quantitative estimate of drug-likeness (QED) is 0.337. The standard InChI is InChI=1S/C30H29ClFN3O5/c1-28(39,10-11-36)21-12-24-26(25(32)13-21)30(20-3-5-22(31)6-4-20,40-18-29(17-37)8-9-29)35(27(24)38)16-23-7-2-19(14-33)15-34-23/h2-7,12-13,15,36-37,39H,8-11,16-18H2,1H3/t28?,30-/m1/s1/i17D2,18D2. The summed E-state index contributed by atoms with van der Waals surface area (Å²) in [6.07, 6.45) is 0.915. The van der Waals surface area contributed by atoms with Gasteiger partial charge in [0.15, 0.2) is 5.72 Å². The third-order valence-electron chi connectivity index (χ3n) is 7.37. The average Bonchev–Trinajstić information content (AvgIpc) is 3.75. The highest BCUT2D eigenvalue weighted by Crippen LogP contribution is 2.52. The number of nitriles is 1. The molecule has 2 atom stereocenters. The molecule has 2 aromatic carbocycles. The molecular weight excluding hydrogens is 537 g/mol. The highest BCUT2D eigenvalue weighted by molar-refractivity contribution is 6.30. The van der Waals surface area contributed by atoms with E-state index < -0.39 is 53.8 Å². The predicted octanol–water partition coefficient (Wildman–Crippen LogP) is 3.98. The van der Waals surface area contributed by atoms with E-state index in [4.69, 9.17) is 21.8 Å². The molecule has 10 heteroatoms. The van der Waals surface area contributed by atoms with Gasteiger partial charge in [0.25, 0.3) is 5.91 Å². The maximum Gasteiger partial charge on any atom is 0.257 e. The zero-order chi connectivity index (χ0) is 32.3. The molecule has 5 rings (SSSR count). The third kappa shape index (κ3) is 4.87. The summed E-state index contributed by atoms with van der Waals surface area (Å²) in [5.41, 5.74) is -6.32. The van der Waals surface area contributed by atoms with E-state index in [1.165, 1.54) is 55.6 Å². The van der Waals surface area contributed by atoms with Crippen molar-refractivity contribution < 1.29 is 34.7 Å². The first kappa shape index (κ1) is 23.3. The molecule has 208 valence electrons. The van der Waals surface area contributed by atoms with E-state index in [1.807, 2.05) is 6.07 Å². The number of benzene rings is 2. The van der Waals surface area contributed by atoms with Crippen molar-refractivity contribution in [3.05, 3.63) is 99.1 Å². The molecular formula is C30H29ClFN3O5. The fraction of sp³-hybridized carbons (Fsp3) is 0.367. The van der Waals surface area contributed by atoms with Gasteiger partial charge in [0.2, 0.25) is 0 Å². The smallest absolute Gasteiger partial charge is 0.257 e. The van der Waals surface area contributed by atoms with Crippen molar-refractivity contribution in [3.63, 3.8) is 0 Å². The summed E-state index contributed by atoms with van der Waals surface area (Å²) in [5.74, 6) is -1.86. The summed E-state index contributed by atoms with van der Waals surface area (Å²) in [5, 5.41) is 40.3. The number of aromatic nitrogens is 1. The van der Waals surface area contributed by atoms with E-state index in [1.54, 1.807) is 0 Å². The second-order valence-corrected chi connectivity index (χ2v) is 10.7. The van der Waals surface area contributed by atoms with E-state index in [0.717, 1.165) is 11.0 Å². The van der Waals surface area contributed by atoms with Gasteiger partial charge >= 0.3 is 0 Å². The Morgan fingerprint density at radius 3 is 2.55 bits per heavy atom. The molecule has 0 saturated heterocycles. The lowest BCUT2D eigenvalue weighted by atomic mass is 9.87. The SMILES string of the molecule is [2H]C([2H])(O)C1(C([2H])([2H])O[C@]2(c3ccc(Cl)cc3)c3c(F)cc(C(C)(O)CCO)cc3C(=O)N2Cc2ccc(C#N)cn2)CC1. The van der Waals surface area contributed by atoms with Crippen molar-refractivity contribution in [1.29, 1.82) is 5.26 Å². The first-order valence-electron chi connectivity index (χ1n) is 14.6. The van der Waals surface area contributed by atoms with Crippen LogP contribution in [0.1, 0.15) is 70.0 Å². The Hall–Kier alpha value is -3.39. The van der Waals surface area contributed by atoms with Gasteiger partial charge in [-0.15, -0.1) is 0 Å². The number of carbonyl (C=O) groups excluding carboxylic acids is 1. The fourth-order valence-electron chi connectivity index (χ4n) is 4.82. The monoisotopic (exact) mass is 569 g/mol. The topological polar surface area (TPSA) is 127 Å². The molecule has 1 amide bonds. The van der Waals surface area contributed by atoms with Crippen molar-refractivity contribution in [3.8, 4) is 6.07 Å². The van der Waals surface area contributed by atoms with Crippen molar-refractivity contribution in [2.75, 3.05) is 19.7 Å². The van der Waals surface area contributed by atoms with Crippen molar-refractivity contribution in [2.24, 2.45) is 5.41 Å². The minimum absolute atomic E-state index is 0.0205. The summed E-state index contributed by atoms with van der Waals surface area (Å²) in [7, 11) is 0. The predicted molar refractivity (Wildman–Crippen MR) is 143 cm³/mol. The van der Waals surface area contributed by atoms with Crippen LogP contribution in [0.3, 0.4) is 0 Å². The molecule has 0 bridgehead atoms. The van der Waals surface area contributed by atoms with E-state index in [2.05, 4.69) is 4.98 Å². The number of aliphatic hydroxyl groups is 3. The molecule has 3 aromatic rings. The number of amides is 1. The van der Waals surface area contributed by atoms with E-state index >= 15 is 4.39 Å². The van der Waals surface area contributed by atoms with Crippen LogP contribution < -0.4 is 0 Å². The van der Waals surface area contributed by atoms with E-state index in [-0.39, 0.29) is 58.8 Å². The zero-order valence-electron chi connectivity index (χ0n) is 25.5. The van der Waals surface area contributed by atoms with Crippen LogP contribution in [0.4, 0.5) is 4.39 Å². The van der Waals surface area contributed by atoms with Gasteiger partial charge in [-0.1, -0.05) is 23.7 Å². The lowest BCUT2D eigenvalue weighted by molar-refractivity contribution is -0.130. The number of rotatable bonds is 10. The number of hydrogen-bond donors (Lipinski definition) is 3. The van der Waals surface area contributed by atoms with Gasteiger partial charge in [-0.3, -0.25) is 14.7 Å². The van der Waals surface area contributed by atoms with Gasteiger partial charge in [0.05, 0.1) is 53.1 Å². The number of fused-ring (bicyclic) bond motifs is 1. The molecule has 3 N–H and O–H groups in total. The molecule has 1 unspecified atom stereocenters. The van der Waals surface area contributed by atoms with Crippen LogP contribution in [-0.4, -0.2) is 50.8 Å². The molecule has 1 aliphatic heterocycles. The number of pyridine rings is 1.